The molecule has 2 aromatic rings. The lowest BCUT2D eigenvalue weighted by atomic mass is 9.95. The number of benzene rings is 2. The maximum absolute atomic E-state index is 15.0. The summed E-state index contributed by atoms with van der Waals surface area (Å²) < 4.78 is 18.0. The first kappa shape index (κ1) is 54.5. The quantitative estimate of drug-likeness (QED) is 0.0755. The van der Waals surface area contributed by atoms with E-state index in [-0.39, 0.29) is 55.7 Å². The second-order valence-electron chi connectivity index (χ2n) is 17.6. The Bertz CT molecular complexity index is 2170. The lowest BCUT2D eigenvalue weighted by Crippen LogP contribution is -2.64. The van der Waals surface area contributed by atoms with Crippen LogP contribution in [0.15, 0.2) is 66.4 Å². The Morgan fingerprint density at radius 1 is 0.912 bits per heavy atom. The molecule has 4 rings (SSSR count). The molecule has 20 heteroatoms. The molecule has 2 aliphatic rings. The van der Waals surface area contributed by atoms with E-state index in [9.17, 15) is 52.8 Å². The molecule has 0 aromatic heterocycles. The van der Waals surface area contributed by atoms with Crippen LogP contribution < -0.4 is 26.6 Å². The Balaban J connectivity index is 1.83. The van der Waals surface area contributed by atoms with Crippen LogP contribution in [0.25, 0.3) is 0 Å². The maximum Gasteiger partial charge on any atom is 0.329 e. The third kappa shape index (κ3) is 15.2. The molecule has 2 heterocycles. The zero-order valence-corrected chi connectivity index (χ0v) is 40.6. The van der Waals surface area contributed by atoms with Crippen molar-refractivity contribution >= 4 is 58.1 Å². The average molecular weight is 966 g/mol. The summed E-state index contributed by atoms with van der Waals surface area (Å²) in [6.45, 7) is 7.97. The Labute approximate surface area is 400 Å². The van der Waals surface area contributed by atoms with Crippen LogP contribution in [0, 0.1) is 5.92 Å². The molecule has 2 fully saturated rings. The van der Waals surface area contributed by atoms with Gasteiger partial charge in [0, 0.05) is 49.1 Å². The Kier molecular flexibility index (Phi) is 20.7. The molecule has 1 unspecified atom stereocenters. The van der Waals surface area contributed by atoms with E-state index in [0.29, 0.717) is 17.5 Å². The number of cyclic esters (lactones) is 1. The number of nitrogens with zero attached hydrogens (tertiary/aromatic N) is 2. The molecule has 0 saturated carbocycles. The van der Waals surface area contributed by atoms with Crippen LogP contribution in [-0.4, -0.2) is 139 Å². The lowest BCUT2D eigenvalue weighted by Gasteiger charge is -2.43. The molecule has 7 N–H and O–H groups in total. The fourth-order valence-electron chi connectivity index (χ4n) is 7.97. The van der Waals surface area contributed by atoms with Crippen molar-refractivity contribution in [3.05, 3.63) is 77.5 Å². The number of hydrogen-bond acceptors (Lipinski definition) is 12. The zero-order chi connectivity index (χ0) is 50.2. The molecule has 9 atom stereocenters. The number of carbonyl (C=O) groups is 8. The molecule has 2 aliphatic heterocycles. The standard InChI is InChI=1S/C48H67N7O12S/c1-8-10-12-17-38(57)49-34(24-25-68(7)66)43(60)53-41-29(5)67-48(65)40(28(3)4)52-44(61)36(26-31-18-20-32(56)21-19-31)54(6)47(64)37(27-30-15-13-11-14-16-30)55-39(58)23-22-35(46(55)63)51-42(59)33(9-2)50-45(41)62/h9,11,13-16,18-21,28-29,34-37,39-41,56,58H,8,10,12,17,22-27H2,1-7H3,(H,49,57)(H,50,62)(H,51,59)(H,52,61)(H,53,60)/t29-,34+,35+,36+,37+,39-,40+,41+,68?/m1/s1. The van der Waals surface area contributed by atoms with E-state index in [1.54, 1.807) is 56.3 Å². The molecule has 2 saturated heterocycles. The number of aliphatic hydroxyl groups is 1. The van der Waals surface area contributed by atoms with Crippen LogP contribution in [0.2, 0.25) is 0 Å². The Morgan fingerprint density at radius 2 is 1.56 bits per heavy atom. The number of esters is 1. The van der Waals surface area contributed by atoms with E-state index in [1.165, 1.54) is 45.4 Å². The van der Waals surface area contributed by atoms with E-state index in [2.05, 4.69) is 26.6 Å². The van der Waals surface area contributed by atoms with Crippen LogP contribution in [0.5, 0.6) is 5.75 Å². The van der Waals surface area contributed by atoms with Crippen LogP contribution in [-0.2, 0) is 66.7 Å². The largest absolute Gasteiger partial charge is 0.508 e. The first-order valence-electron chi connectivity index (χ1n) is 23.0. The number of phenols is 1. The van der Waals surface area contributed by atoms with Crippen LogP contribution in [0.1, 0.15) is 90.7 Å². The molecular formula is C48H67N7O12S. The van der Waals surface area contributed by atoms with Crippen molar-refractivity contribution in [3.63, 3.8) is 0 Å². The molecule has 19 nitrogen and oxygen atoms in total. The fraction of sp³-hybridized carbons (Fsp3) is 0.542. The minimum atomic E-state index is -1.74. The van der Waals surface area contributed by atoms with Crippen molar-refractivity contribution in [2.45, 2.75) is 141 Å². The smallest absolute Gasteiger partial charge is 0.329 e. The molecular weight excluding hydrogens is 899 g/mol. The van der Waals surface area contributed by atoms with Gasteiger partial charge < -0.3 is 51.3 Å². The van der Waals surface area contributed by atoms with Gasteiger partial charge in [0.15, 0.2) is 0 Å². The molecule has 0 spiro atoms. The monoisotopic (exact) mass is 965 g/mol. The Morgan fingerprint density at radius 3 is 2.18 bits per heavy atom. The number of fused-ring (bicyclic) bond motifs is 2. The van der Waals surface area contributed by atoms with E-state index in [4.69, 9.17) is 4.74 Å². The highest BCUT2D eigenvalue weighted by atomic mass is 32.2. The van der Waals surface area contributed by atoms with Gasteiger partial charge in [-0.3, -0.25) is 37.8 Å². The van der Waals surface area contributed by atoms with Gasteiger partial charge in [0.05, 0.1) is 0 Å². The summed E-state index contributed by atoms with van der Waals surface area (Å²) in [6, 6.07) is 6.13. The molecule has 2 bridgehead atoms. The SMILES string of the molecule is CC=C1NC(=O)[C@@H](NC(=O)[C@H](CCS(C)=O)NC(=O)CCCCC)[C@@H](C)OC(=O)[C@H](C(C)C)NC(=O)[C@H](Cc2ccc(O)cc2)N(C)C(=O)[C@H](Cc2ccccc2)N2C(=O)[C@H](CC[C@H]2O)NC1=O. The molecule has 0 radical (unpaired) electrons. The summed E-state index contributed by atoms with van der Waals surface area (Å²) in [5.41, 5.74) is 0.765. The lowest BCUT2D eigenvalue weighted by molar-refractivity contribution is -0.165. The molecule has 2 aromatic carbocycles. The summed E-state index contributed by atoms with van der Waals surface area (Å²) in [6.07, 6.45) is 1.52. The van der Waals surface area contributed by atoms with E-state index in [1.807, 2.05) is 6.92 Å². The van der Waals surface area contributed by atoms with Gasteiger partial charge in [-0.15, -0.1) is 0 Å². The third-order valence-electron chi connectivity index (χ3n) is 12.0. The van der Waals surface area contributed by atoms with Gasteiger partial charge in [-0.05, 0) is 68.7 Å². The number of ether oxygens (including phenoxy) is 1. The van der Waals surface area contributed by atoms with Crippen LogP contribution >= 0.6 is 0 Å². The first-order chi connectivity index (χ1) is 32.2. The summed E-state index contributed by atoms with van der Waals surface area (Å²) in [5.74, 6) is -7.37. The van der Waals surface area contributed by atoms with Crippen LogP contribution in [0.3, 0.4) is 0 Å². The zero-order valence-electron chi connectivity index (χ0n) is 39.8. The van der Waals surface area contributed by atoms with Crippen molar-refractivity contribution in [2.24, 2.45) is 5.92 Å². The van der Waals surface area contributed by atoms with Gasteiger partial charge in [0.25, 0.3) is 11.8 Å². The molecule has 7 amide bonds. The number of phenolic OH excluding ortho intramolecular Hbond substituents is 1. The molecule has 68 heavy (non-hydrogen) atoms. The van der Waals surface area contributed by atoms with Crippen molar-refractivity contribution in [1.82, 2.24) is 36.4 Å². The highest BCUT2D eigenvalue weighted by Gasteiger charge is 2.45. The number of aromatic hydroxyl groups is 1. The summed E-state index contributed by atoms with van der Waals surface area (Å²) >= 11 is 0. The fourth-order valence-corrected chi connectivity index (χ4v) is 8.54. The van der Waals surface area contributed by atoms with Gasteiger partial charge in [-0.1, -0.05) is 82.2 Å². The van der Waals surface area contributed by atoms with Gasteiger partial charge in [0.1, 0.15) is 60.0 Å². The third-order valence-corrected chi connectivity index (χ3v) is 12.8. The summed E-state index contributed by atoms with van der Waals surface area (Å²) in [4.78, 5) is 116. The number of amides is 7. The number of likely N-dealkylation sites (N-methyl/N-ethyl adjacent to an activating group) is 1. The molecule has 0 aliphatic carbocycles. The molecule has 372 valence electrons. The predicted molar refractivity (Wildman–Crippen MR) is 252 cm³/mol. The van der Waals surface area contributed by atoms with Crippen molar-refractivity contribution < 1.29 is 57.5 Å². The highest BCUT2D eigenvalue weighted by molar-refractivity contribution is 7.84. The van der Waals surface area contributed by atoms with Gasteiger partial charge in [-0.2, -0.15) is 0 Å². The number of unbranched alkanes of at least 4 members (excludes halogenated alkanes) is 2. The number of nitrogens with one attached hydrogen (secondary N) is 5. The summed E-state index contributed by atoms with van der Waals surface area (Å²) in [7, 11) is -0.00865. The minimum Gasteiger partial charge on any atom is -0.508 e. The van der Waals surface area contributed by atoms with Crippen molar-refractivity contribution in [3.8, 4) is 5.75 Å². The number of allylic oxidation sites excluding steroid dienone is 1. The Hall–Kier alpha value is -6.15. The first-order valence-corrected chi connectivity index (χ1v) is 24.8. The number of aliphatic hydroxyl groups excluding tert-OH is 1. The highest BCUT2D eigenvalue weighted by Crippen LogP contribution is 2.25. The number of rotatable bonds is 15. The number of piperidine rings is 1. The van der Waals surface area contributed by atoms with Gasteiger partial charge in [0.2, 0.25) is 29.5 Å². The average Bonchev–Trinajstić information content (AvgIpc) is 3.29. The van der Waals surface area contributed by atoms with Gasteiger partial charge >= 0.3 is 5.97 Å². The maximum atomic E-state index is 15.0. The predicted octanol–water partition coefficient (Wildman–Crippen LogP) is 1.22. The second-order valence-corrected chi connectivity index (χ2v) is 19.1. The van der Waals surface area contributed by atoms with E-state index >= 15 is 0 Å². The summed E-state index contributed by atoms with van der Waals surface area (Å²) in [5, 5.41) is 34.5. The van der Waals surface area contributed by atoms with Crippen molar-refractivity contribution in [1.29, 1.82) is 0 Å². The normalized spacial score (nSPS) is 25.0. The number of carbonyl (C=O) groups excluding carboxylic acids is 8. The van der Waals surface area contributed by atoms with E-state index in [0.717, 1.165) is 22.6 Å². The van der Waals surface area contributed by atoms with Crippen molar-refractivity contribution in [2.75, 3.05) is 19.1 Å². The van der Waals surface area contributed by atoms with Crippen LogP contribution in [0.4, 0.5) is 0 Å². The van der Waals surface area contributed by atoms with E-state index < -0.39 is 113 Å². The number of hydrogen-bond donors (Lipinski definition) is 7. The van der Waals surface area contributed by atoms with Gasteiger partial charge in [-0.25, -0.2) is 4.79 Å². The topological polar surface area (TPSA) is 270 Å². The minimum absolute atomic E-state index is 0.0171. The second kappa shape index (κ2) is 25.8.